The number of para-hydroxylation sites is 1. The van der Waals surface area contributed by atoms with Crippen molar-refractivity contribution in [2.45, 2.75) is 20.0 Å². The first-order chi connectivity index (χ1) is 14.0. The Kier molecular flexibility index (Phi) is 6.31. The SMILES string of the molecule is CCOCCOc1ccc(C(=O)n2c(C)c(C(O)C(=O)O)c3ccccc32)cc1. The second kappa shape index (κ2) is 8.89. The maximum absolute atomic E-state index is 13.2. The van der Waals surface area contributed by atoms with Crippen LogP contribution in [0.4, 0.5) is 0 Å². The molecule has 7 heteroatoms. The highest BCUT2D eigenvalue weighted by atomic mass is 16.5. The normalized spacial score (nSPS) is 12.1. The molecule has 2 aromatic carbocycles. The predicted octanol–water partition coefficient (Wildman–Crippen LogP) is 3.17. The van der Waals surface area contributed by atoms with Gasteiger partial charge in [0.25, 0.3) is 5.91 Å². The van der Waals surface area contributed by atoms with Gasteiger partial charge in [-0.1, -0.05) is 18.2 Å². The van der Waals surface area contributed by atoms with Crippen LogP contribution in [0.25, 0.3) is 10.9 Å². The third-order valence-electron chi connectivity index (χ3n) is 4.67. The molecule has 1 aromatic heterocycles. The van der Waals surface area contributed by atoms with Crippen molar-refractivity contribution in [2.75, 3.05) is 19.8 Å². The minimum atomic E-state index is -1.71. The van der Waals surface area contributed by atoms with Gasteiger partial charge in [-0.15, -0.1) is 0 Å². The highest BCUT2D eigenvalue weighted by Crippen LogP contribution is 2.31. The number of carbonyl (C=O) groups excluding carboxylic acids is 1. The van der Waals surface area contributed by atoms with E-state index in [0.29, 0.717) is 47.7 Å². The van der Waals surface area contributed by atoms with Crippen molar-refractivity contribution in [3.05, 3.63) is 65.4 Å². The minimum absolute atomic E-state index is 0.220. The molecule has 0 fully saturated rings. The number of benzene rings is 2. The lowest BCUT2D eigenvalue weighted by Crippen LogP contribution is -2.16. The number of fused-ring (bicyclic) bond motifs is 1. The number of hydrogen-bond donors (Lipinski definition) is 2. The number of carboxylic acid groups (broad SMARTS) is 1. The monoisotopic (exact) mass is 397 g/mol. The standard InChI is InChI=1S/C22H23NO6/c1-3-28-12-13-29-16-10-8-15(9-11-16)21(25)23-14(2)19(20(24)22(26)27)17-6-4-5-7-18(17)23/h4-11,20,24H,3,12-13H2,1-2H3,(H,26,27). The van der Waals surface area contributed by atoms with Gasteiger partial charge in [-0.2, -0.15) is 0 Å². The molecular formula is C22H23NO6. The Hall–Kier alpha value is -3.16. The molecule has 0 aliphatic heterocycles. The van der Waals surface area contributed by atoms with Gasteiger partial charge in [0.2, 0.25) is 0 Å². The summed E-state index contributed by atoms with van der Waals surface area (Å²) < 4.78 is 12.2. The number of aliphatic hydroxyl groups excluding tert-OH is 1. The summed E-state index contributed by atoms with van der Waals surface area (Å²) in [5, 5.41) is 19.9. The van der Waals surface area contributed by atoms with Crippen molar-refractivity contribution < 1.29 is 29.3 Å². The quantitative estimate of drug-likeness (QED) is 0.567. The van der Waals surface area contributed by atoms with Crippen LogP contribution in [0.1, 0.15) is 34.6 Å². The first kappa shape index (κ1) is 20.6. The average Bonchev–Trinajstić information content (AvgIpc) is 3.02. The Labute approximate surface area is 168 Å². The first-order valence-electron chi connectivity index (χ1n) is 9.31. The van der Waals surface area contributed by atoms with E-state index in [9.17, 15) is 19.8 Å². The molecule has 29 heavy (non-hydrogen) atoms. The fraction of sp³-hybridized carbons (Fsp3) is 0.273. The molecule has 1 unspecified atom stereocenters. The fourth-order valence-corrected chi connectivity index (χ4v) is 3.31. The lowest BCUT2D eigenvalue weighted by molar-refractivity contribution is -0.146. The minimum Gasteiger partial charge on any atom is -0.491 e. The maximum Gasteiger partial charge on any atom is 0.337 e. The lowest BCUT2D eigenvalue weighted by Gasteiger charge is -2.10. The summed E-state index contributed by atoms with van der Waals surface area (Å²) in [5.41, 5.74) is 1.57. The van der Waals surface area contributed by atoms with Crippen molar-refractivity contribution in [3.8, 4) is 5.75 Å². The number of hydrogen-bond acceptors (Lipinski definition) is 5. The molecule has 152 valence electrons. The van der Waals surface area contributed by atoms with Gasteiger partial charge in [-0.3, -0.25) is 9.36 Å². The molecule has 1 atom stereocenters. The van der Waals surface area contributed by atoms with Crippen molar-refractivity contribution in [2.24, 2.45) is 0 Å². The summed E-state index contributed by atoms with van der Waals surface area (Å²) in [5.74, 6) is -1.06. The number of carboxylic acids is 1. The molecule has 0 spiro atoms. The second-order valence-corrected chi connectivity index (χ2v) is 6.47. The Morgan fingerprint density at radius 3 is 2.41 bits per heavy atom. The van der Waals surface area contributed by atoms with E-state index in [1.165, 1.54) is 4.57 Å². The number of carbonyl (C=O) groups is 2. The largest absolute Gasteiger partial charge is 0.491 e. The average molecular weight is 397 g/mol. The Morgan fingerprint density at radius 1 is 1.07 bits per heavy atom. The van der Waals surface area contributed by atoms with Crippen molar-refractivity contribution >= 4 is 22.8 Å². The van der Waals surface area contributed by atoms with Crippen LogP contribution in [0.5, 0.6) is 5.75 Å². The fourth-order valence-electron chi connectivity index (χ4n) is 3.31. The zero-order valence-corrected chi connectivity index (χ0v) is 16.3. The van der Waals surface area contributed by atoms with E-state index < -0.39 is 12.1 Å². The highest BCUT2D eigenvalue weighted by Gasteiger charge is 2.27. The van der Waals surface area contributed by atoms with Crippen molar-refractivity contribution in [3.63, 3.8) is 0 Å². The molecule has 0 aliphatic carbocycles. The third kappa shape index (κ3) is 4.16. The van der Waals surface area contributed by atoms with Crippen LogP contribution in [-0.4, -0.2) is 46.5 Å². The van der Waals surface area contributed by atoms with Crippen LogP contribution in [0, 0.1) is 6.92 Å². The summed E-state index contributed by atoms with van der Waals surface area (Å²) in [6.45, 7) is 5.07. The van der Waals surface area contributed by atoms with Gasteiger partial charge < -0.3 is 19.7 Å². The van der Waals surface area contributed by atoms with E-state index in [2.05, 4.69) is 0 Å². The zero-order valence-electron chi connectivity index (χ0n) is 16.3. The molecule has 0 aliphatic rings. The van der Waals surface area contributed by atoms with Crippen LogP contribution in [0.2, 0.25) is 0 Å². The van der Waals surface area contributed by atoms with Crippen LogP contribution in [0.15, 0.2) is 48.5 Å². The van der Waals surface area contributed by atoms with Gasteiger partial charge in [0.1, 0.15) is 12.4 Å². The van der Waals surface area contributed by atoms with Gasteiger partial charge >= 0.3 is 5.97 Å². The first-order valence-corrected chi connectivity index (χ1v) is 9.31. The van der Waals surface area contributed by atoms with Crippen LogP contribution in [0.3, 0.4) is 0 Å². The molecule has 0 radical (unpaired) electrons. The Morgan fingerprint density at radius 2 is 1.76 bits per heavy atom. The number of aromatic nitrogens is 1. The van der Waals surface area contributed by atoms with Gasteiger partial charge in [0.15, 0.2) is 6.10 Å². The molecule has 2 N–H and O–H groups in total. The number of rotatable bonds is 8. The summed E-state index contributed by atoms with van der Waals surface area (Å²) in [7, 11) is 0. The molecule has 0 amide bonds. The van der Waals surface area contributed by atoms with Gasteiger partial charge in [0, 0.05) is 28.8 Å². The van der Waals surface area contributed by atoms with Crippen LogP contribution >= 0.6 is 0 Å². The van der Waals surface area contributed by atoms with E-state index in [1.54, 1.807) is 55.5 Å². The van der Waals surface area contributed by atoms with E-state index in [4.69, 9.17) is 9.47 Å². The molecule has 7 nitrogen and oxygen atoms in total. The van der Waals surface area contributed by atoms with E-state index in [-0.39, 0.29) is 11.5 Å². The third-order valence-corrected chi connectivity index (χ3v) is 4.67. The molecule has 1 heterocycles. The lowest BCUT2D eigenvalue weighted by atomic mass is 10.1. The Bertz CT molecular complexity index is 1020. The molecular weight excluding hydrogens is 374 g/mol. The van der Waals surface area contributed by atoms with Gasteiger partial charge in [-0.05, 0) is 44.2 Å². The maximum atomic E-state index is 13.2. The summed E-state index contributed by atoms with van der Waals surface area (Å²) in [4.78, 5) is 24.5. The van der Waals surface area contributed by atoms with Gasteiger partial charge in [-0.25, -0.2) is 4.79 Å². The number of aliphatic carboxylic acids is 1. The molecule has 3 rings (SSSR count). The summed E-state index contributed by atoms with van der Waals surface area (Å²) in [6, 6.07) is 13.6. The Balaban J connectivity index is 1.93. The smallest absolute Gasteiger partial charge is 0.337 e. The van der Waals surface area contributed by atoms with E-state index in [0.717, 1.165) is 0 Å². The summed E-state index contributed by atoms with van der Waals surface area (Å²) >= 11 is 0. The molecule has 3 aromatic rings. The molecule has 0 saturated heterocycles. The number of ether oxygens (including phenoxy) is 2. The van der Waals surface area contributed by atoms with Gasteiger partial charge in [0.05, 0.1) is 12.1 Å². The zero-order chi connectivity index (χ0) is 21.0. The molecule has 0 bridgehead atoms. The van der Waals surface area contributed by atoms with E-state index in [1.807, 2.05) is 6.92 Å². The highest BCUT2D eigenvalue weighted by molar-refractivity contribution is 6.05. The number of aliphatic hydroxyl groups is 1. The second-order valence-electron chi connectivity index (χ2n) is 6.47. The van der Waals surface area contributed by atoms with E-state index >= 15 is 0 Å². The van der Waals surface area contributed by atoms with Crippen LogP contribution in [-0.2, 0) is 9.53 Å². The van der Waals surface area contributed by atoms with Crippen LogP contribution < -0.4 is 4.74 Å². The predicted molar refractivity (Wildman–Crippen MR) is 107 cm³/mol. The van der Waals surface area contributed by atoms with Crippen molar-refractivity contribution in [1.82, 2.24) is 4.57 Å². The topological polar surface area (TPSA) is 98.0 Å². The summed E-state index contributed by atoms with van der Waals surface area (Å²) in [6.07, 6.45) is -1.71. The molecule has 0 saturated carbocycles. The van der Waals surface area contributed by atoms with Crippen molar-refractivity contribution in [1.29, 1.82) is 0 Å². The number of nitrogens with zero attached hydrogens (tertiary/aromatic N) is 1.